The van der Waals surface area contributed by atoms with Crippen LogP contribution in [-0.4, -0.2) is 17.1 Å². The van der Waals surface area contributed by atoms with E-state index in [0.717, 1.165) is 11.4 Å². The summed E-state index contributed by atoms with van der Waals surface area (Å²) in [5.41, 5.74) is -3.97. The molecule has 13 heteroatoms. The lowest BCUT2D eigenvalue weighted by molar-refractivity contribution is -0.380. The van der Waals surface area contributed by atoms with Gasteiger partial charge in [0.05, 0.1) is 27.8 Å². The summed E-state index contributed by atoms with van der Waals surface area (Å²) in [6, 6.07) is 1.60. The Hall–Kier alpha value is -2.96. The molecule has 0 aliphatic carbocycles. The Morgan fingerprint density at radius 1 is 1.07 bits per heavy atom. The van der Waals surface area contributed by atoms with Crippen molar-refractivity contribution in [3.63, 3.8) is 0 Å². The lowest BCUT2D eigenvalue weighted by Gasteiger charge is -2.12. The van der Waals surface area contributed by atoms with Crippen LogP contribution in [0.15, 0.2) is 34.8 Å². The second-order valence-corrected chi connectivity index (χ2v) is 5.77. The molecule has 0 saturated carbocycles. The highest BCUT2D eigenvalue weighted by Gasteiger charge is 2.36. The monoisotopic (exact) mass is 412 g/mol. The van der Waals surface area contributed by atoms with E-state index in [1.165, 1.54) is 0 Å². The van der Waals surface area contributed by atoms with Gasteiger partial charge in [-0.25, -0.2) is 4.79 Å². The fraction of sp³-hybridized carbons (Fsp3) is 0.143. The first-order valence-corrected chi connectivity index (χ1v) is 7.53. The van der Waals surface area contributed by atoms with Crippen molar-refractivity contribution in [1.29, 1.82) is 0 Å². The van der Waals surface area contributed by atoms with Gasteiger partial charge in [0, 0.05) is 11.4 Å². The van der Waals surface area contributed by atoms with Crippen LogP contribution < -0.4 is 0 Å². The van der Waals surface area contributed by atoms with Gasteiger partial charge in [-0.15, -0.1) is 0 Å². The predicted octanol–water partition coefficient (Wildman–Crippen LogP) is 4.88. The lowest BCUT2D eigenvalue weighted by atomic mass is 10.1. The molecule has 1 heterocycles. The van der Waals surface area contributed by atoms with Crippen molar-refractivity contribution in [3.05, 3.63) is 62.0 Å². The van der Waals surface area contributed by atoms with E-state index in [0.29, 0.717) is 29.7 Å². The van der Waals surface area contributed by atoms with Gasteiger partial charge in [0.1, 0.15) is 0 Å². The van der Waals surface area contributed by atoms with Crippen LogP contribution in [-0.2, 0) is 17.2 Å². The fourth-order valence-corrected chi connectivity index (χ4v) is 2.46. The van der Waals surface area contributed by atoms with Gasteiger partial charge < -0.3 is 4.84 Å². The van der Waals surface area contributed by atoms with Crippen molar-refractivity contribution < 1.29 is 40.9 Å². The molecule has 0 bridgehead atoms. The Morgan fingerprint density at radius 3 is 2.07 bits per heavy atom. The van der Waals surface area contributed by atoms with E-state index in [1.54, 1.807) is 0 Å². The smallest absolute Gasteiger partial charge is 0.313 e. The van der Waals surface area contributed by atoms with Gasteiger partial charge in [0.25, 0.3) is 0 Å². The van der Waals surface area contributed by atoms with Crippen LogP contribution in [0.5, 0.6) is 0 Å². The number of carbonyl (C=O) groups excluding carboxylic acids is 1. The molecular formula is C14H6F6N2O4S. The van der Waals surface area contributed by atoms with Gasteiger partial charge in [-0.3, -0.25) is 10.1 Å². The molecule has 0 atom stereocenters. The molecule has 144 valence electrons. The van der Waals surface area contributed by atoms with E-state index in [4.69, 9.17) is 0 Å². The number of halogens is 6. The molecule has 2 aromatic rings. The van der Waals surface area contributed by atoms with Crippen LogP contribution in [0.2, 0.25) is 0 Å². The van der Waals surface area contributed by atoms with Crippen molar-refractivity contribution in [1.82, 2.24) is 0 Å². The number of oxime groups is 1. The van der Waals surface area contributed by atoms with E-state index in [2.05, 4.69) is 9.99 Å². The molecule has 0 aliphatic heterocycles. The number of rotatable bonds is 4. The highest BCUT2D eigenvalue weighted by atomic mass is 32.1. The molecule has 0 radical (unpaired) electrons. The molecular weight excluding hydrogens is 406 g/mol. The fourth-order valence-electron chi connectivity index (χ4n) is 1.77. The number of nitro groups is 1. The molecule has 6 nitrogen and oxygen atoms in total. The van der Waals surface area contributed by atoms with Gasteiger partial charge in [-0.1, -0.05) is 16.5 Å². The van der Waals surface area contributed by atoms with E-state index >= 15 is 0 Å². The average Bonchev–Trinajstić information content (AvgIpc) is 3.03. The Balaban J connectivity index is 2.22. The zero-order valence-corrected chi connectivity index (χ0v) is 13.5. The normalized spacial score (nSPS) is 12.4. The minimum Gasteiger partial charge on any atom is -0.313 e. The first kappa shape index (κ1) is 20.4. The highest BCUT2D eigenvalue weighted by molar-refractivity contribution is 7.13. The van der Waals surface area contributed by atoms with Gasteiger partial charge in [0.2, 0.25) is 0 Å². The minimum atomic E-state index is -5.03. The SMILES string of the molecule is O=C(O/N=C/c1cc(C(F)(F)F)cc(C(F)(F)F)c1)c1csc([N+](=O)[O-])c1. The van der Waals surface area contributed by atoms with Gasteiger partial charge in [-0.05, 0) is 23.8 Å². The molecule has 2 rings (SSSR count). The van der Waals surface area contributed by atoms with Gasteiger partial charge >= 0.3 is 23.3 Å². The van der Waals surface area contributed by atoms with Crippen LogP contribution in [0.1, 0.15) is 27.0 Å². The Kier molecular flexibility index (Phi) is 5.54. The summed E-state index contributed by atoms with van der Waals surface area (Å²) in [5, 5.41) is 14.3. The van der Waals surface area contributed by atoms with Crippen molar-refractivity contribution in [2.45, 2.75) is 12.4 Å². The average molecular weight is 412 g/mol. The van der Waals surface area contributed by atoms with Crippen molar-refractivity contribution in [2.75, 3.05) is 0 Å². The number of carbonyl (C=O) groups is 1. The van der Waals surface area contributed by atoms with Crippen molar-refractivity contribution in [3.8, 4) is 0 Å². The van der Waals surface area contributed by atoms with Gasteiger partial charge in [0.15, 0.2) is 0 Å². The third-order valence-corrected chi connectivity index (χ3v) is 3.83. The Morgan fingerprint density at radius 2 is 1.63 bits per heavy atom. The summed E-state index contributed by atoms with van der Waals surface area (Å²) in [5.74, 6) is -1.17. The minimum absolute atomic E-state index is 0.0617. The highest BCUT2D eigenvalue weighted by Crippen LogP contribution is 2.36. The summed E-state index contributed by atoms with van der Waals surface area (Å²) in [6.07, 6.45) is -9.57. The molecule has 1 aromatic carbocycles. The maximum Gasteiger partial charge on any atom is 0.416 e. The molecule has 0 unspecified atom stereocenters. The number of benzene rings is 1. The van der Waals surface area contributed by atoms with E-state index in [9.17, 15) is 41.3 Å². The summed E-state index contributed by atoms with van der Waals surface area (Å²) in [6.45, 7) is 0. The predicted molar refractivity (Wildman–Crippen MR) is 80.4 cm³/mol. The van der Waals surface area contributed by atoms with Crippen molar-refractivity contribution >= 4 is 28.5 Å². The second kappa shape index (κ2) is 7.34. The number of nitrogens with zero attached hydrogens (tertiary/aromatic N) is 2. The quantitative estimate of drug-likeness (QED) is 0.236. The molecule has 0 fully saturated rings. The summed E-state index contributed by atoms with van der Waals surface area (Å²) < 4.78 is 76.3. The summed E-state index contributed by atoms with van der Waals surface area (Å²) >= 11 is 0.623. The van der Waals surface area contributed by atoms with Gasteiger partial charge in [-0.2, -0.15) is 26.3 Å². The first-order valence-electron chi connectivity index (χ1n) is 6.65. The molecule has 0 saturated heterocycles. The topological polar surface area (TPSA) is 81.8 Å². The molecule has 1 aromatic heterocycles. The molecule has 0 aliphatic rings. The van der Waals surface area contributed by atoms with Crippen LogP contribution in [0.3, 0.4) is 0 Å². The maximum atomic E-state index is 12.7. The second-order valence-electron chi connectivity index (χ2n) is 4.88. The first-order chi connectivity index (χ1) is 12.4. The molecule has 0 N–H and O–H groups in total. The zero-order chi connectivity index (χ0) is 20.4. The third kappa shape index (κ3) is 5.26. The lowest BCUT2D eigenvalue weighted by Crippen LogP contribution is -2.11. The summed E-state index contributed by atoms with van der Waals surface area (Å²) in [7, 11) is 0. The molecule has 0 spiro atoms. The number of hydrogen-bond donors (Lipinski definition) is 0. The van der Waals surface area contributed by atoms with Crippen molar-refractivity contribution in [2.24, 2.45) is 5.16 Å². The van der Waals surface area contributed by atoms with E-state index in [-0.39, 0.29) is 16.6 Å². The molecule has 0 amide bonds. The zero-order valence-electron chi connectivity index (χ0n) is 12.7. The number of alkyl halides is 6. The third-order valence-electron chi connectivity index (χ3n) is 2.95. The van der Waals surface area contributed by atoms with Crippen LogP contribution in [0.25, 0.3) is 0 Å². The van der Waals surface area contributed by atoms with Crippen LogP contribution in [0.4, 0.5) is 31.3 Å². The van der Waals surface area contributed by atoms with E-state index < -0.39 is 39.9 Å². The Bertz CT molecular complexity index is 871. The Labute approximate surface area is 149 Å². The number of thiophene rings is 1. The van der Waals surface area contributed by atoms with Crippen LogP contribution >= 0.6 is 11.3 Å². The standard InChI is InChI=1S/C14H6F6N2O4S/c15-13(16,17)9-1-7(2-10(4-9)14(18,19)20)5-21-26-12(23)8-3-11(22(24)25)27-6-8/h1-6H/b21-5+. The largest absolute Gasteiger partial charge is 0.416 e. The summed E-state index contributed by atoms with van der Waals surface area (Å²) in [4.78, 5) is 25.7. The number of hydrogen-bond acceptors (Lipinski definition) is 6. The maximum absolute atomic E-state index is 12.7. The van der Waals surface area contributed by atoms with E-state index in [1.807, 2.05) is 0 Å². The van der Waals surface area contributed by atoms with Crippen LogP contribution in [0, 0.1) is 10.1 Å². The molecule has 27 heavy (non-hydrogen) atoms.